The summed E-state index contributed by atoms with van der Waals surface area (Å²) in [6.07, 6.45) is 0.933. The van der Waals surface area contributed by atoms with Crippen LogP contribution in [0.1, 0.15) is 41.7 Å². The molecule has 2 rings (SSSR count). The van der Waals surface area contributed by atoms with Gasteiger partial charge < -0.3 is 9.84 Å². The van der Waals surface area contributed by atoms with Gasteiger partial charge in [-0.15, -0.1) is 0 Å². The highest BCUT2D eigenvalue weighted by atomic mass is 16.5. The van der Waals surface area contributed by atoms with Crippen molar-refractivity contribution in [1.29, 1.82) is 0 Å². The average Bonchev–Trinajstić information content (AvgIpc) is 2.52. The van der Waals surface area contributed by atoms with Gasteiger partial charge in [0.15, 0.2) is 0 Å². The summed E-state index contributed by atoms with van der Waals surface area (Å²) in [4.78, 5) is 0. The Morgan fingerprint density at radius 3 is 2.31 bits per heavy atom. The molecule has 1 aromatic carbocycles. The third kappa shape index (κ3) is 1.52. The Morgan fingerprint density at radius 1 is 1.12 bits per heavy atom. The molecular weight excluding hydrogens is 200 g/mol. The fourth-order valence-corrected chi connectivity index (χ4v) is 2.58. The van der Waals surface area contributed by atoms with Crippen LogP contribution >= 0.6 is 0 Å². The van der Waals surface area contributed by atoms with Gasteiger partial charge in [0.25, 0.3) is 0 Å². The van der Waals surface area contributed by atoms with Gasteiger partial charge in [0.1, 0.15) is 11.4 Å². The molecule has 0 fully saturated rings. The fraction of sp³-hybridized carbons (Fsp3) is 0.571. The molecule has 0 spiro atoms. The Morgan fingerprint density at radius 2 is 1.75 bits per heavy atom. The highest BCUT2D eigenvalue weighted by Crippen LogP contribution is 2.42. The Bertz CT molecular complexity index is 445. The normalized spacial score (nSPS) is 17.1. The molecule has 88 valence electrons. The molecule has 1 aliphatic heterocycles. The third-order valence-electron chi connectivity index (χ3n) is 3.67. The molecule has 0 saturated carbocycles. The van der Waals surface area contributed by atoms with Gasteiger partial charge >= 0.3 is 0 Å². The van der Waals surface area contributed by atoms with E-state index >= 15 is 0 Å². The standard InChI is InChI=1S/C14H20O2/c1-8-9(2)13-11(6-14(4,5)16-13)10(3)12(8)7-15/h15H,6-7H2,1-5H3. The van der Waals surface area contributed by atoms with Crippen LogP contribution in [0.4, 0.5) is 0 Å². The summed E-state index contributed by atoms with van der Waals surface area (Å²) in [6.45, 7) is 10.6. The highest BCUT2D eigenvalue weighted by molar-refractivity contribution is 5.56. The van der Waals surface area contributed by atoms with Gasteiger partial charge in [-0.05, 0) is 56.9 Å². The van der Waals surface area contributed by atoms with Crippen LogP contribution in [0.3, 0.4) is 0 Å². The van der Waals surface area contributed by atoms with Gasteiger partial charge in [0.2, 0.25) is 0 Å². The van der Waals surface area contributed by atoms with E-state index < -0.39 is 0 Å². The van der Waals surface area contributed by atoms with Crippen LogP contribution in [0.25, 0.3) is 0 Å². The van der Waals surface area contributed by atoms with E-state index in [0.29, 0.717) is 0 Å². The minimum atomic E-state index is -0.113. The van der Waals surface area contributed by atoms with Crippen molar-refractivity contribution in [3.8, 4) is 5.75 Å². The quantitative estimate of drug-likeness (QED) is 0.788. The number of hydrogen-bond acceptors (Lipinski definition) is 2. The molecule has 1 heterocycles. The van der Waals surface area contributed by atoms with Crippen LogP contribution in [-0.4, -0.2) is 10.7 Å². The molecule has 0 aliphatic carbocycles. The van der Waals surface area contributed by atoms with Crippen molar-refractivity contribution in [3.63, 3.8) is 0 Å². The van der Waals surface area contributed by atoms with E-state index in [2.05, 4.69) is 34.6 Å². The van der Waals surface area contributed by atoms with Crippen LogP contribution < -0.4 is 4.74 Å². The molecule has 1 N–H and O–H groups in total. The molecule has 1 aliphatic rings. The molecule has 16 heavy (non-hydrogen) atoms. The van der Waals surface area contributed by atoms with E-state index in [4.69, 9.17) is 4.74 Å². The minimum absolute atomic E-state index is 0.113. The molecular formula is C14H20O2. The van der Waals surface area contributed by atoms with Crippen molar-refractivity contribution in [3.05, 3.63) is 27.8 Å². The molecule has 0 bridgehead atoms. The van der Waals surface area contributed by atoms with Crippen molar-refractivity contribution in [2.75, 3.05) is 0 Å². The summed E-state index contributed by atoms with van der Waals surface area (Å²) >= 11 is 0. The number of aliphatic hydroxyl groups is 1. The number of hydrogen-bond donors (Lipinski definition) is 1. The Kier molecular flexibility index (Phi) is 2.50. The Labute approximate surface area is 97.3 Å². The van der Waals surface area contributed by atoms with Gasteiger partial charge in [0, 0.05) is 12.0 Å². The maximum absolute atomic E-state index is 9.44. The highest BCUT2D eigenvalue weighted by Gasteiger charge is 2.33. The molecule has 0 saturated heterocycles. The smallest absolute Gasteiger partial charge is 0.126 e. The zero-order valence-corrected chi connectivity index (χ0v) is 10.8. The molecule has 0 atom stereocenters. The third-order valence-corrected chi connectivity index (χ3v) is 3.67. The molecule has 0 amide bonds. The van der Waals surface area contributed by atoms with Crippen LogP contribution in [0.5, 0.6) is 5.75 Å². The second kappa shape index (κ2) is 3.49. The van der Waals surface area contributed by atoms with Crippen molar-refractivity contribution in [1.82, 2.24) is 0 Å². The summed E-state index contributed by atoms with van der Waals surface area (Å²) in [7, 11) is 0. The van der Waals surface area contributed by atoms with Gasteiger partial charge in [-0.25, -0.2) is 0 Å². The van der Waals surface area contributed by atoms with Crippen LogP contribution in [0, 0.1) is 20.8 Å². The lowest BCUT2D eigenvalue weighted by Crippen LogP contribution is -2.24. The minimum Gasteiger partial charge on any atom is -0.487 e. The number of fused-ring (bicyclic) bond motifs is 1. The molecule has 0 aromatic heterocycles. The van der Waals surface area contributed by atoms with Crippen LogP contribution in [0.2, 0.25) is 0 Å². The summed E-state index contributed by atoms with van der Waals surface area (Å²) in [5.74, 6) is 1.04. The molecule has 0 radical (unpaired) electrons. The topological polar surface area (TPSA) is 29.5 Å². The van der Waals surface area contributed by atoms with Gasteiger partial charge in [0.05, 0.1) is 6.61 Å². The van der Waals surface area contributed by atoms with Crippen LogP contribution in [-0.2, 0) is 13.0 Å². The average molecular weight is 220 g/mol. The van der Waals surface area contributed by atoms with E-state index in [0.717, 1.165) is 23.3 Å². The van der Waals surface area contributed by atoms with E-state index in [1.165, 1.54) is 16.7 Å². The maximum Gasteiger partial charge on any atom is 0.126 e. The van der Waals surface area contributed by atoms with Gasteiger partial charge in [-0.1, -0.05) is 0 Å². The maximum atomic E-state index is 9.44. The molecule has 0 unspecified atom stereocenters. The number of rotatable bonds is 1. The monoisotopic (exact) mass is 220 g/mol. The fourth-order valence-electron chi connectivity index (χ4n) is 2.58. The largest absolute Gasteiger partial charge is 0.487 e. The number of benzene rings is 1. The van der Waals surface area contributed by atoms with Crippen molar-refractivity contribution in [2.24, 2.45) is 0 Å². The molecule has 1 aromatic rings. The number of aliphatic hydroxyl groups excluding tert-OH is 1. The lowest BCUT2D eigenvalue weighted by Gasteiger charge is -2.18. The van der Waals surface area contributed by atoms with Crippen molar-refractivity contribution >= 4 is 0 Å². The second-order valence-electron chi connectivity index (χ2n) is 5.36. The van der Waals surface area contributed by atoms with Gasteiger partial charge in [-0.2, -0.15) is 0 Å². The summed E-state index contributed by atoms with van der Waals surface area (Å²) in [5.41, 5.74) is 5.77. The van der Waals surface area contributed by atoms with E-state index in [9.17, 15) is 5.11 Å². The van der Waals surface area contributed by atoms with E-state index in [1.54, 1.807) is 0 Å². The first-order valence-electron chi connectivity index (χ1n) is 5.79. The Balaban J connectivity index is 2.68. The van der Waals surface area contributed by atoms with Crippen LogP contribution in [0.15, 0.2) is 0 Å². The zero-order valence-electron chi connectivity index (χ0n) is 10.8. The molecule has 2 nitrogen and oxygen atoms in total. The predicted molar refractivity (Wildman–Crippen MR) is 65.0 cm³/mol. The molecule has 2 heteroatoms. The summed E-state index contributed by atoms with van der Waals surface area (Å²) in [6, 6.07) is 0. The predicted octanol–water partition coefficient (Wildman–Crippen LogP) is 2.82. The first-order chi connectivity index (χ1) is 7.37. The van der Waals surface area contributed by atoms with Crippen molar-refractivity contribution < 1.29 is 9.84 Å². The first-order valence-corrected chi connectivity index (χ1v) is 5.79. The van der Waals surface area contributed by atoms with Gasteiger partial charge in [-0.3, -0.25) is 0 Å². The van der Waals surface area contributed by atoms with Crippen molar-refractivity contribution in [2.45, 2.75) is 53.2 Å². The summed E-state index contributed by atoms with van der Waals surface area (Å²) in [5, 5.41) is 9.44. The van der Waals surface area contributed by atoms with E-state index in [-0.39, 0.29) is 12.2 Å². The Hall–Kier alpha value is -1.02. The lowest BCUT2D eigenvalue weighted by molar-refractivity contribution is 0.137. The second-order valence-corrected chi connectivity index (χ2v) is 5.36. The lowest BCUT2D eigenvalue weighted by atomic mass is 9.90. The van der Waals surface area contributed by atoms with E-state index in [1.807, 2.05) is 0 Å². The first kappa shape index (κ1) is 11.5. The summed E-state index contributed by atoms with van der Waals surface area (Å²) < 4.78 is 6.00. The number of ether oxygens (including phenoxy) is 1. The zero-order chi connectivity index (χ0) is 12.1. The SMILES string of the molecule is Cc1c(C)c2c(c(C)c1CO)CC(C)(C)O2.